The predicted octanol–water partition coefficient (Wildman–Crippen LogP) is 2.27. The third kappa shape index (κ3) is 1.41. The number of benzene rings is 1. The summed E-state index contributed by atoms with van der Waals surface area (Å²) in [4.78, 5) is 0. The Kier molecular flexibility index (Phi) is 2.86. The van der Waals surface area contributed by atoms with E-state index in [0.717, 1.165) is 30.4 Å². The highest BCUT2D eigenvalue weighted by Gasteiger charge is 2.69. The van der Waals surface area contributed by atoms with Gasteiger partial charge in [-0.2, -0.15) is 0 Å². The van der Waals surface area contributed by atoms with Crippen LogP contribution in [0.15, 0.2) is 12.1 Å². The lowest BCUT2D eigenvalue weighted by molar-refractivity contribution is -0.177. The van der Waals surface area contributed by atoms with Crippen molar-refractivity contribution in [1.82, 2.24) is 0 Å². The lowest BCUT2D eigenvalue weighted by atomic mass is 9.49. The standard InChI is InChI=1S/C18H24O4/c1-3-7-17-14-11-4-5-12(19)15(14)22-16(17)13(20)6-8-18(17,21)10(2)9-11/h4-5,10,13,16,19-21H,3,6-9H2,1-2H3/t10-,13+,16+,17+,18-/m1/s1. The summed E-state index contributed by atoms with van der Waals surface area (Å²) in [6.45, 7) is 4.19. The monoisotopic (exact) mass is 304 g/mol. The van der Waals surface area contributed by atoms with Crippen molar-refractivity contribution in [1.29, 1.82) is 0 Å². The summed E-state index contributed by atoms with van der Waals surface area (Å²) in [6.07, 6.45) is 2.52. The van der Waals surface area contributed by atoms with Crippen LogP contribution in [0.25, 0.3) is 0 Å². The van der Waals surface area contributed by atoms with Crippen molar-refractivity contribution < 1.29 is 20.1 Å². The molecule has 4 heteroatoms. The molecule has 0 bridgehead atoms. The van der Waals surface area contributed by atoms with Gasteiger partial charge in [0, 0.05) is 5.56 Å². The van der Waals surface area contributed by atoms with E-state index in [1.807, 2.05) is 6.07 Å². The van der Waals surface area contributed by atoms with Gasteiger partial charge in [-0.1, -0.05) is 26.3 Å². The SMILES string of the molecule is CCC[C@]12c3c4ccc(O)c3O[C@H]1[C@@H](O)CC[C@@]2(O)[C@H](C)C4. The van der Waals surface area contributed by atoms with Gasteiger partial charge in [0.25, 0.3) is 0 Å². The Morgan fingerprint density at radius 3 is 2.86 bits per heavy atom. The predicted molar refractivity (Wildman–Crippen MR) is 82.2 cm³/mol. The Morgan fingerprint density at radius 2 is 2.14 bits per heavy atom. The largest absolute Gasteiger partial charge is 0.504 e. The molecule has 3 aliphatic rings. The molecule has 5 atom stereocenters. The van der Waals surface area contributed by atoms with Crippen molar-refractivity contribution in [2.75, 3.05) is 0 Å². The first-order valence-corrected chi connectivity index (χ1v) is 8.38. The summed E-state index contributed by atoms with van der Waals surface area (Å²) in [5.74, 6) is 0.718. The smallest absolute Gasteiger partial charge is 0.165 e. The lowest BCUT2D eigenvalue weighted by Gasteiger charge is -2.57. The molecular formula is C18H24O4. The first kappa shape index (κ1) is 14.3. The third-order valence-corrected chi connectivity index (χ3v) is 6.33. The Morgan fingerprint density at radius 1 is 1.36 bits per heavy atom. The molecule has 1 saturated carbocycles. The van der Waals surface area contributed by atoms with Crippen LogP contribution in [0.2, 0.25) is 0 Å². The van der Waals surface area contributed by atoms with E-state index in [9.17, 15) is 15.3 Å². The van der Waals surface area contributed by atoms with Crippen molar-refractivity contribution in [3.05, 3.63) is 23.3 Å². The van der Waals surface area contributed by atoms with Crippen LogP contribution in [-0.4, -0.2) is 33.1 Å². The summed E-state index contributed by atoms with van der Waals surface area (Å²) >= 11 is 0. The molecule has 1 fully saturated rings. The van der Waals surface area contributed by atoms with Crippen LogP contribution < -0.4 is 4.74 Å². The summed E-state index contributed by atoms with van der Waals surface area (Å²) in [7, 11) is 0. The summed E-state index contributed by atoms with van der Waals surface area (Å²) < 4.78 is 6.05. The van der Waals surface area contributed by atoms with Gasteiger partial charge in [-0.25, -0.2) is 0 Å². The maximum Gasteiger partial charge on any atom is 0.165 e. The van der Waals surface area contributed by atoms with Crippen LogP contribution in [0.1, 0.15) is 50.7 Å². The van der Waals surface area contributed by atoms with Gasteiger partial charge in [-0.15, -0.1) is 0 Å². The topological polar surface area (TPSA) is 69.9 Å². The van der Waals surface area contributed by atoms with Crippen molar-refractivity contribution in [2.24, 2.45) is 5.92 Å². The number of aliphatic hydroxyl groups excluding tert-OH is 1. The van der Waals surface area contributed by atoms with Gasteiger partial charge in [-0.3, -0.25) is 0 Å². The van der Waals surface area contributed by atoms with E-state index in [-0.39, 0.29) is 11.7 Å². The average molecular weight is 304 g/mol. The second kappa shape index (κ2) is 4.39. The number of phenolic OH excluding ortho intramolecular Hbond substituents is 1. The molecule has 120 valence electrons. The van der Waals surface area contributed by atoms with Gasteiger partial charge < -0.3 is 20.1 Å². The normalized spacial score (nSPS) is 41.9. The van der Waals surface area contributed by atoms with Crippen LogP contribution in [-0.2, 0) is 11.8 Å². The van der Waals surface area contributed by atoms with Crippen molar-refractivity contribution >= 4 is 0 Å². The number of hydrogen-bond acceptors (Lipinski definition) is 4. The second-order valence-electron chi connectivity index (χ2n) is 7.34. The van der Waals surface area contributed by atoms with Crippen LogP contribution in [0, 0.1) is 5.92 Å². The molecule has 0 aromatic heterocycles. The molecule has 0 saturated heterocycles. The number of phenols is 1. The molecular weight excluding hydrogens is 280 g/mol. The summed E-state index contributed by atoms with van der Waals surface area (Å²) in [6, 6.07) is 3.63. The van der Waals surface area contributed by atoms with E-state index >= 15 is 0 Å². The van der Waals surface area contributed by atoms with E-state index in [2.05, 4.69) is 13.8 Å². The zero-order valence-corrected chi connectivity index (χ0v) is 13.2. The van der Waals surface area contributed by atoms with Gasteiger partial charge in [0.2, 0.25) is 0 Å². The fourth-order valence-corrected chi connectivity index (χ4v) is 5.44. The van der Waals surface area contributed by atoms with E-state index in [0.29, 0.717) is 18.6 Å². The average Bonchev–Trinajstić information content (AvgIpc) is 2.84. The molecule has 1 aromatic carbocycles. The zero-order valence-electron chi connectivity index (χ0n) is 13.2. The van der Waals surface area contributed by atoms with Crippen LogP contribution >= 0.6 is 0 Å². The van der Waals surface area contributed by atoms with E-state index < -0.39 is 23.2 Å². The minimum Gasteiger partial charge on any atom is -0.504 e. The molecule has 4 rings (SSSR count). The van der Waals surface area contributed by atoms with Gasteiger partial charge in [-0.05, 0) is 43.2 Å². The Bertz CT molecular complexity index is 628. The second-order valence-corrected chi connectivity index (χ2v) is 7.34. The number of ether oxygens (including phenoxy) is 1. The minimum atomic E-state index is -0.876. The molecule has 0 spiro atoms. The highest BCUT2D eigenvalue weighted by molar-refractivity contribution is 5.61. The van der Waals surface area contributed by atoms with E-state index in [1.54, 1.807) is 6.07 Å². The van der Waals surface area contributed by atoms with Crippen molar-refractivity contribution in [3.8, 4) is 11.5 Å². The summed E-state index contributed by atoms with van der Waals surface area (Å²) in [5, 5.41) is 32.4. The molecule has 1 aromatic rings. The van der Waals surface area contributed by atoms with E-state index in [4.69, 9.17) is 4.74 Å². The number of aliphatic hydroxyl groups is 2. The van der Waals surface area contributed by atoms with Crippen molar-refractivity contribution in [2.45, 2.75) is 69.2 Å². The van der Waals surface area contributed by atoms with Gasteiger partial charge >= 0.3 is 0 Å². The maximum atomic E-state index is 11.6. The molecule has 0 unspecified atom stereocenters. The molecule has 4 nitrogen and oxygen atoms in total. The Balaban J connectivity index is 2.05. The van der Waals surface area contributed by atoms with Crippen LogP contribution in [0.5, 0.6) is 11.5 Å². The van der Waals surface area contributed by atoms with E-state index in [1.165, 1.54) is 0 Å². The number of hydrogen-bond donors (Lipinski definition) is 3. The molecule has 22 heavy (non-hydrogen) atoms. The molecule has 1 heterocycles. The number of rotatable bonds is 2. The summed E-state index contributed by atoms with van der Waals surface area (Å²) in [5.41, 5.74) is 0.633. The first-order chi connectivity index (χ1) is 10.5. The molecule has 2 aliphatic carbocycles. The molecule has 0 radical (unpaired) electrons. The lowest BCUT2D eigenvalue weighted by Crippen LogP contribution is -2.68. The number of aromatic hydroxyl groups is 1. The van der Waals surface area contributed by atoms with Gasteiger partial charge in [0.05, 0.1) is 17.1 Å². The highest BCUT2D eigenvalue weighted by Crippen LogP contribution is 2.64. The fraction of sp³-hybridized carbons (Fsp3) is 0.667. The fourth-order valence-electron chi connectivity index (χ4n) is 5.44. The Labute approximate surface area is 130 Å². The maximum absolute atomic E-state index is 11.6. The van der Waals surface area contributed by atoms with Crippen LogP contribution in [0.3, 0.4) is 0 Å². The quantitative estimate of drug-likeness (QED) is 0.784. The molecule has 0 amide bonds. The van der Waals surface area contributed by atoms with Crippen molar-refractivity contribution in [3.63, 3.8) is 0 Å². The minimum absolute atomic E-state index is 0.112. The molecule has 3 N–H and O–H groups in total. The first-order valence-electron chi connectivity index (χ1n) is 8.38. The zero-order chi connectivity index (χ0) is 15.7. The third-order valence-electron chi connectivity index (χ3n) is 6.33. The van der Waals surface area contributed by atoms with Gasteiger partial charge in [0.1, 0.15) is 6.10 Å². The van der Waals surface area contributed by atoms with Crippen LogP contribution in [0.4, 0.5) is 0 Å². The molecule has 1 aliphatic heterocycles. The Hall–Kier alpha value is -1.26. The van der Waals surface area contributed by atoms with Gasteiger partial charge in [0.15, 0.2) is 11.5 Å². The highest BCUT2D eigenvalue weighted by atomic mass is 16.5.